The van der Waals surface area contributed by atoms with Crippen molar-refractivity contribution in [1.82, 2.24) is 24.8 Å². The molecule has 0 saturated heterocycles. The lowest BCUT2D eigenvalue weighted by molar-refractivity contribution is -0.130. The molecule has 1 aliphatic rings. The van der Waals surface area contributed by atoms with Crippen molar-refractivity contribution in [2.24, 2.45) is 5.10 Å². The summed E-state index contributed by atoms with van der Waals surface area (Å²) in [5, 5.41) is 15.8. The van der Waals surface area contributed by atoms with Crippen molar-refractivity contribution in [2.45, 2.75) is 31.1 Å². The molecule has 0 aliphatic carbocycles. The molecule has 2 aromatic carbocycles. The summed E-state index contributed by atoms with van der Waals surface area (Å²) in [4.78, 5) is 17.6. The number of rotatable bonds is 8. The molecule has 1 atom stereocenters. The molecule has 182 valence electrons. The summed E-state index contributed by atoms with van der Waals surface area (Å²) in [5.74, 6) is 1.66. The third-order valence-corrected chi connectivity index (χ3v) is 7.02. The Balaban J connectivity index is 1.38. The average Bonchev–Trinajstić information content (AvgIpc) is 3.57. The van der Waals surface area contributed by atoms with Crippen LogP contribution in [0.25, 0.3) is 11.4 Å². The minimum Gasteiger partial charge on any atom is -0.497 e. The number of carbonyl (C=O) groups excluding carboxylic acids is 1. The summed E-state index contributed by atoms with van der Waals surface area (Å²) in [6.45, 7) is 2.73. The lowest BCUT2D eigenvalue weighted by Crippen LogP contribution is -2.28. The fourth-order valence-corrected chi connectivity index (χ4v) is 5.07. The smallest absolute Gasteiger partial charge is 0.253 e. The predicted molar refractivity (Wildman–Crippen MR) is 140 cm³/mol. The monoisotopic (exact) mass is 498 g/mol. The van der Waals surface area contributed by atoms with Crippen molar-refractivity contribution in [3.63, 3.8) is 0 Å². The molecule has 1 aliphatic heterocycles. The van der Waals surface area contributed by atoms with Gasteiger partial charge in [-0.3, -0.25) is 9.78 Å². The van der Waals surface area contributed by atoms with Crippen LogP contribution < -0.4 is 4.74 Å². The molecule has 0 bridgehead atoms. The second-order valence-electron chi connectivity index (χ2n) is 8.22. The molecule has 0 spiro atoms. The normalized spacial score (nSPS) is 15.1. The molecule has 0 unspecified atom stereocenters. The van der Waals surface area contributed by atoms with Crippen molar-refractivity contribution < 1.29 is 9.53 Å². The van der Waals surface area contributed by atoms with Crippen molar-refractivity contribution >= 4 is 23.4 Å². The van der Waals surface area contributed by atoms with Gasteiger partial charge in [-0.15, -0.1) is 10.2 Å². The first-order valence-corrected chi connectivity index (χ1v) is 12.7. The Morgan fingerprint density at radius 3 is 2.44 bits per heavy atom. The number of thioether (sulfide) groups is 1. The number of nitrogens with zero attached hydrogens (tertiary/aromatic N) is 6. The van der Waals surface area contributed by atoms with E-state index in [4.69, 9.17) is 9.84 Å². The molecule has 5 rings (SSSR count). The number of amides is 1. The minimum atomic E-state index is -0.185. The van der Waals surface area contributed by atoms with Crippen molar-refractivity contribution in [1.29, 1.82) is 0 Å². The highest BCUT2D eigenvalue weighted by Gasteiger charge is 2.33. The Hall–Kier alpha value is -3.98. The molecule has 9 heteroatoms. The van der Waals surface area contributed by atoms with Crippen LogP contribution in [0.3, 0.4) is 0 Å². The van der Waals surface area contributed by atoms with E-state index in [0.717, 1.165) is 34.0 Å². The fourth-order valence-electron chi connectivity index (χ4n) is 4.22. The Labute approximate surface area is 214 Å². The maximum atomic E-state index is 13.5. The molecule has 3 heterocycles. The number of hydrogen-bond acceptors (Lipinski definition) is 7. The lowest BCUT2D eigenvalue weighted by Gasteiger charge is -2.22. The standard InChI is InChI=1S/C27H26N6O2S/c1-3-32-26(21-13-15-28-16-14-21)29-30-27(32)36-18-25(34)33-24(20-9-11-22(35-2)12-10-20)17-23(31-33)19-7-5-4-6-8-19/h4-16,24H,3,17-18H2,1-2H3/t24-/m0/s1. The maximum Gasteiger partial charge on any atom is 0.253 e. The van der Waals surface area contributed by atoms with Crippen molar-refractivity contribution in [3.05, 3.63) is 90.3 Å². The number of hydrogen-bond donors (Lipinski definition) is 0. The van der Waals surface area contributed by atoms with Gasteiger partial charge in [-0.05, 0) is 42.3 Å². The highest BCUT2D eigenvalue weighted by molar-refractivity contribution is 7.99. The molecule has 4 aromatic rings. The van der Waals surface area contributed by atoms with E-state index in [1.807, 2.05) is 78.2 Å². The van der Waals surface area contributed by atoms with E-state index < -0.39 is 0 Å². The first-order chi connectivity index (χ1) is 17.7. The molecule has 1 amide bonds. The molecule has 0 N–H and O–H groups in total. The minimum absolute atomic E-state index is 0.0807. The Morgan fingerprint density at radius 2 is 1.75 bits per heavy atom. The van der Waals surface area contributed by atoms with Gasteiger partial charge in [0.15, 0.2) is 11.0 Å². The summed E-state index contributed by atoms with van der Waals surface area (Å²) in [5.41, 5.74) is 3.87. The van der Waals surface area contributed by atoms with Crippen LogP contribution in [-0.4, -0.2) is 49.2 Å². The third kappa shape index (κ3) is 4.87. The number of aromatic nitrogens is 4. The predicted octanol–water partition coefficient (Wildman–Crippen LogP) is 4.84. The highest BCUT2D eigenvalue weighted by Crippen LogP contribution is 2.34. The average molecular weight is 499 g/mol. The van der Waals surface area contributed by atoms with Crippen LogP contribution in [0.4, 0.5) is 0 Å². The van der Waals surface area contributed by atoms with Crippen LogP contribution in [0.5, 0.6) is 5.75 Å². The van der Waals surface area contributed by atoms with Crippen LogP contribution >= 0.6 is 11.8 Å². The van der Waals surface area contributed by atoms with Crippen molar-refractivity contribution in [3.8, 4) is 17.1 Å². The summed E-state index contributed by atoms with van der Waals surface area (Å²) in [7, 11) is 1.64. The zero-order chi connectivity index (χ0) is 24.9. The number of methoxy groups -OCH3 is 1. The molecule has 2 aromatic heterocycles. The third-order valence-electron chi connectivity index (χ3n) is 6.07. The zero-order valence-corrected chi connectivity index (χ0v) is 20.9. The van der Waals surface area contributed by atoms with E-state index in [1.54, 1.807) is 24.5 Å². The number of benzene rings is 2. The van der Waals surface area contributed by atoms with Gasteiger partial charge in [-0.1, -0.05) is 54.2 Å². The fraction of sp³-hybridized carbons (Fsp3) is 0.222. The summed E-state index contributed by atoms with van der Waals surface area (Å²) in [6, 6.07) is 21.4. The number of pyridine rings is 1. The Morgan fingerprint density at radius 1 is 1.00 bits per heavy atom. The number of hydrazone groups is 1. The van der Waals surface area contributed by atoms with Gasteiger partial charge in [-0.25, -0.2) is 5.01 Å². The lowest BCUT2D eigenvalue weighted by atomic mass is 9.98. The summed E-state index contributed by atoms with van der Waals surface area (Å²) < 4.78 is 7.32. The van der Waals surface area contributed by atoms with Gasteiger partial charge in [0.25, 0.3) is 5.91 Å². The van der Waals surface area contributed by atoms with Crippen LogP contribution in [0.2, 0.25) is 0 Å². The second-order valence-corrected chi connectivity index (χ2v) is 9.16. The molecular weight excluding hydrogens is 472 g/mol. The van der Waals surface area contributed by atoms with Crippen molar-refractivity contribution in [2.75, 3.05) is 12.9 Å². The molecular formula is C27H26N6O2S. The SMILES string of the molecule is CCn1c(SCC(=O)N2N=C(c3ccccc3)C[C@H]2c2ccc(OC)cc2)nnc1-c1ccncc1. The van der Waals surface area contributed by atoms with Gasteiger partial charge in [0.2, 0.25) is 0 Å². The number of ether oxygens (including phenoxy) is 1. The Bertz CT molecular complexity index is 1360. The molecule has 8 nitrogen and oxygen atoms in total. The van der Waals surface area contributed by atoms with E-state index in [-0.39, 0.29) is 17.7 Å². The maximum absolute atomic E-state index is 13.5. The van der Waals surface area contributed by atoms with Gasteiger partial charge < -0.3 is 9.30 Å². The molecule has 0 radical (unpaired) electrons. The quantitative estimate of drug-likeness (QED) is 0.323. The second kappa shape index (κ2) is 10.7. The highest BCUT2D eigenvalue weighted by atomic mass is 32.2. The first-order valence-electron chi connectivity index (χ1n) is 11.7. The first kappa shape index (κ1) is 23.7. The van der Waals surface area contributed by atoms with Gasteiger partial charge in [0.1, 0.15) is 5.75 Å². The van der Waals surface area contributed by atoms with Crippen LogP contribution in [-0.2, 0) is 11.3 Å². The van der Waals surface area contributed by atoms with Gasteiger partial charge in [-0.2, -0.15) is 5.10 Å². The Kier molecular flexibility index (Phi) is 7.08. The van der Waals surface area contributed by atoms with E-state index in [1.165, 1.54) is 11.8 Å². The largest absolute Gasteiger partial charge is 0.497 e. The van der Waals surface area contributed by atoms with E-state index in [0.29, 0.717) is 18.1 Å². The van der Waals surface area contributed by atoms with E-state index in [2.05, 4.69) is 15.2 Å². The van der Waals surface area contributed by atoms with E-state index >= 15 is 0 Å². The van der Waals surface area contributed by atoms with Crippen LogP contribution in [0.1, 0.15) is 30.5 Å². The molecule has 0 saturated carbocycles. The summed E-state index contributed by atoms with van der Waals surface area (Å²) >= 11 is 1.38. The van der Waals surface area contributed by atoms with E-state index in [9.17, 15) is 4.79 Å². The molecule has 36 heavy (non-hydrogen) atoms. The molecule has 0 fully saturated rings. The summed E-state index contributed by atoms with van der Waals surface area (Å²) in [6.07, 6.45) is 4.11. The van der Waals surface area contributed by atoms with Gasteiger partial charge in [0.05, 0.1) is 24.6 Å². The van der Waals surface area contributed by atoms with Gasteiger partial charge in [0, 0.05) is 30.9 Å². The van der Waals surface area contributed by atoms with Gasteiger partial charge >= 0.3 is 0 Å². The van der Waals surface area contributed by atoms with Crippen LogP contribution in [0, 0.1) is 0 Å². The topological polar surface area (TPSA) is 85.5 Å². The number of carbonyl (C=O) groups is 1. The van der Waals surface area contributed by atoms with Crippen LogP contribution in [0.15, 0.2) is 89.4 Å². The zero-order valence-electron chi connectivity index (χ0n) is 20.1.